The molecule has 0 spiro atoms. The lowest BCUT2D eigenvalue weighted by molar-refractivity contribution is -0.130. The van der Waals surface area contributed by atoms with E-state index in [1.807, 2.05) is 25.6 Å². The van der Waals surface area contributed by atoms with E-state index in [9.17, 15) is 4.79 Å². The normalized spacial score (nSPS) is 11.6. The van der Waals surface area contributed by atoms with E-state index in [0.717, 1.165) is 12.2 Å². The number of aromatic nitrogens is 2. The van der Waals surface area contributed by atoms with Gasteiger partial charge < -0.3 is 14.8 Å². The average molecular weight is 238 g/mol. The van der Waals surface area contributed by atoms with Gasteiger partial charge in [-0.2, -0.15) is 0 Å². The number of rotatable bonds is 5. The van der Waals surface area contributed by atoms with Crippen LogP contribution in [0.5, 0.6) is 0 Å². The van der Waals surface area contributed by atoms with Crippen LogP contribution in [0.4, 0.5) is 0 Å². The third-order valence-electron chi connectivity index (χ3n) is 3.18. The fourth-order valence-electron chi connectivity index (χ4n) is 1.54. The zero-order chi connectivity index (χ0) is 13.1. The highest BCUT2D eigenvalue weighted by atomic mass is 16.2. The standard InChI is InChI=1S/C12H22N4O/c1-6-15(5)11(17)8-16-9-14-7-10(16)12(2,3)13-4/h7,9,13H,6,8H2,1-5H3. The van der Waals surface area contributed by atoms with Gasteiger partial charge in [0.1, 0.15) is 6.54 Å². The van der Waals surface area contributed by atoms with Gasteiger partial charge in [-0.15, -0.1) is 0 Å². The van der Waals surface area contributed by atoms with Crippen LogP contribution in [0.25, 0.3) is 0 Å². The van der Waals surface area contributed by atoms with Crippen LogP contribution >= 0.6 is 0 Å². The molecule has 1 heterocycles. The number of hydrogen-bond acceptors (Lipinski definition) is 3. The Morgan fingerprint density at radius 1 is 1.59 bits per heavy atom. The second-order valence-corrected chi connectivity index (χ2v) is 4.69. The molecular weight excluding hydrogens is 216 g/mol. The molecule has 1 aromatic heterocycles. The lowest BCUT2D eigenvalue weighted by atomic mass is 10.0. The van der Waals surface area contributed by atoms with Gasteiger partial charge in [-0.1, -0.05) is 0 Å². The summed E-state index contributed by atoms with van der Waals surface area (Å²) >= 11 is 0. The summed E-state index contributed by atoms with van der Waals surface area (Å²) in [6.07, 6.45) is 3.51. The second-order valence-electron chi connectivity index (χ2n) is 4.69. The summed E-state index contributed by atoms with van der Waals surface area (Å²) in [5.41, 5.74) is 0.819. The first-order chi connectivity index (χ1) is 7.92. The first-order valence-corrected chi connectivity index (χ1v) is 5.85. The summed E-state index contributed by atoms with van der Waals surface area (Å²) in [5.74, 6) is 0.0960. The Bertz CT molecular complexity index is 384. The van der Waals surface area contributed by atoms with Gasteiger partial charge in [0.25, 0.3) is 0 Å². The van der Waals surface area contributed by atoms with E-state index < -0.39 is 0 Å². The number of carbonyl (C=O) groups excluding carboxylic acids is 1. The molecule has 5 nitrogen and oxygen atoms in total. The van der Waals surface area contributed by atoms with E-state index in [4.69, 9.17) is 0 Å². The first-order valence-electron chi connectivity index (χ1n) is 5.85. The van der Waals surface area contributed by atoms with Crippen molar-refractivity contribution >= 4 is 5.91 Å². The molecule has 1 rings (SSSR count). The van der Waals surface area contributed by atoms with Crippen LogP contribution in [-0.2, 0) is 16.9 Å². The number of amides is 1. The summed E-state index contributed by atoms with van der Waals surface area (Å²) in [5, 5.41) is 3.21. The van der Waals surface area contributed by atoms with Gasteiger partial charge in [0.2, 0.25) is 5.91 Å². The van der Waals surface area contributed by atoms with E-state index in [2.05, 4.69) is 24.1 Å². The molecule has 0 saturated heterocycles. The highest BCUT2D eigenvalue weighted by Gasteiger charge is 2.23. The topological polar surface area (TPSA) is 50.2 Å². The van der Waals surface area contributed by atoms with Crippen molar-refractivity contribution in [3.63, 3.8) is 0 Å². The minimum Gasteiger partial charge on any atom is -0.344 e. The van der Waals surface area contributed by atoms with Crippen LogP contribution in [0.15, 0.2) is 12.5 Å². The van der Waals surface area contributed by atoms with E-state index in [0.29, 0.717) is 6.54 Å². The summed E-state index contributed by atoms with van der Waals surface area (Å²) in [7, 11) is 3.71. The maximum Gasteiger partial charge on any atom is 0.242 e. The van der Waals surface area contributed by atoms with Crippen LogP contribution in [0.1, 0.15) is 26.5 Å². The van der Waals surface area contributed by atoms with Gasteiger partial charge in [-0.25, -0.2) is 4.98 Å². The largest absolute Gasteiger partial charge is 0.344 e. The molecule has 0 aliphatic carbocycles. The molecule has 0 bridgehead atoms. The van der Waals surface area contributed by atoms with Crippen LogP contribution < -0.4 is 5.32 Å². The van der Waals surface area contributed by atoms with Crippen molar-refractivity contribution in [1.29, 1.82) is 0 Å². The summed E-state index contributed by atoms with van der Waals surface area (Å²) < 4.78 is 1.89. The molecule has 5 heteroatoms. The Labute approximate surface area is 103 Å². The third kappa shape index (κ3) is 3.06. The van der Waals surface area contributed by atoms with Crippen LogP contribution in [0.3, 0.4) is 0 Å². The van der Waals surface area contributed by atoms with Gasteiger partial charge in [-0.05, 0) is 27.8 Å². The predicted molar refractivity (Wildman–Crippen MR) is 67.6 cm³/mol. The average Bonchev–Trinajstić information content (AvgIpc) is 2.76. The van der Waals surface area contributed by atoms with Gasteiger partial charge >= 0.3 is 0 Å². The van der Waals surface area contributed by atoms with Crippen molar-refractivity contribution in [3.05, 3.63) is 18.2 Å². The van der Waals surface area contributed by atoms with Gasteiger partial charge in [0.15, 0.2) is 0 Å². The molecular formula is C12H22N4O. The van der Waals surface area contributed by atoms with Gasteiger partial charge in [-0.3, -0.25) is 4.79 Å². The zero-order valence-electron chi connectivity index (χ0n) is 11.3. The van der Waals surface area contributed by atoms with Crippen molar-refractivity contribution in [2.24, 2.45) is 0 Å². The second kappa shape index (κ2) is 5.31. The lowest BCUT2D eigenvalue weighted by Gasteiger charge is -2.26. The monoisotopic (exact) mass is 238 g/mol. The zero-order valence-corrected chi connectivity index (χ0v) is 11.3. The van der Waals surface area contributed by atoms with Crippen molar-refractivity contribution in [3.8, 4) is 0 Å². The SMILES string of the molecule is CCN(C)C(=O)Cn1cncc1C(C)(C)NC. The number of hydrogen-bond donors (Lipinski definition) is 1. The molecule has 0 aliphatic rings. The third-order valence-corrected chi connectivity index (χ3v) is 3.18. The van der Waals surface area contributed by atoms with Crippen molar-refractivity contribution in [2.75, 3.05) is 20.6 Å². The Morgan fingerprint density at radius 3 is 2.76 bits per heavy atom. The number of nitrogens with one attached hydrogen (secondary N) is 1. The Balaban J connectivity index is 2.87. The maximum absolute atomic E-state index is 11.9. The fourth-order valence-corrected chi connectivity index (χ4v) is 1.54. The number of nitrogens with zero attached hydrogens (tertiary/aromatic N) is 3. The molecule has 96 valence electrons. The molecule has 1 aromatic rings. The molecule has 0 radical (unpaired) electrons. The smallest absolute Gasteiger partial charge is 0.242 e. The minimum atomic E-state index is -0.193. The lowest BCUT2D eigenvalue weighted by Crippen LogP contribution is -2.37. The highest BCUT2D eigenvalue weighted by molar-refractivity contribution is 5.75. The maximum atomic E-state index is 11.9. The van der Waals surface area contributed by atoms with E-state index >= 15 is 0 Å². The summed E-state index contributed by atoms with van der Waals surface area (Å²) in [6, 6.07) is 0. The highest BCUT2D eigenvalue weighted by Crippen LogP contribution is 2.18. The summed E-state index contributed by atoms with van der Waals surface area (Å²) in [6.45, 7) is 7.15. The van der Waals surface area contributed by atoms with Gasteiger partial charge in [0, 0.05) is 13.6 Å². The number of likely N-dealkylation sites (N-methyl/N-ethyl adjacent to an activating group) is 1. The van der Waals surface area contributed by atoms with Crippen LogP contribution in [-0.4, -0.2) is 41.0 Å². The summed E-state index contributed by atoms with van der Waals surface area (Å²) in [4.78, 5) is 17.7. The van der Waals surface area contributed by atoms with Crippen molar-refractivity contribution in [1.82, 2.24) is 19.8 Å². The molecule has 0 saturated carbocycles. The fraction of sp³-hybridized carbons (Fsp3) is 0.667. The minimum absolute atomic E-state index is 0.0960. The Kier molecular flexibility index (Phi) is 4.28. The molecule has 0 fully saturated rings. The van der Waals surface area contributed by atoms with Crippen LogP contribution in [0.2, 0.25) is 0 Å². The molecule has 0 unspecified atom stereocenters. The molecule has 17 heavy (non-hydrogen) atoms. The molecule has 1 N–H and O–H groups in total. The molecule has 0 atom stereocenters. The van der Waals surface area contributed by atoms with Gasteiger partial charge in [0.05, 0.1) is 23.8 Å². The Morgan fingerprint density at radius 2 is 2.24 bits per heavy atom. The molecule has 0 aromatic carbocycles. The van der Waals surface area contributed by atoms with Crippen molar-refractivity contribution in [2.45, 2.75) is 32.9 Å². The van der Waals surface area contributed by atoms with E-state index in [1.165, 1.54) is 0 Å². The first kappa shape index (κ1) is 13.7. The Hall–Kier alpha value is -1.36. The van der Waals surface area contributed by atoms with E-state index in [-0.39, 0.29) is 11.4 Å². The quantitative estimate of drug-likeness (QED) is 0.826. The predicted octanol–water partition coefficient (Wildman–Crippen LogP) is 0.816. The molecule has 0 aliphatic heterocycles. The van der Waals surface area contributed by atoms with Crippen LogP contribution in [0, 0.1) is 0 Å². The molecule has 1 amide bonds. The number of imidazole rings is 1. The van der Waals surface area contributed by atoms with E-state index in [1.54, 1.807) is 17.4 Å². The number of carbonyl (C=O) groups is 1. The van der Waals surface area contributed by atoms with Crippen molar-refractivity contribution < 1.29 is 4.79 Å².